The van der Waals surface area contributed by atoms with Crippen LogP contribution in [0.1, 0.15) is 33.4 Å². The van der Waals surface area contributed by atoms with Gasteiger partial charge in [-0.15, -0.1) is 0 Å². The van der Waals surface area contributed by atoms with Gasteiger partial charge in [-0.05, 0) is 26.0 Å². The number of anilines is 1. The Bertz CT molecular complexity index is 628. The molecule has 5 heteroatoms. The molecule has 5 nitrogen and oxygen atoms in total. The number of amides is 1. The van der Waals surface area contributed by atoms with Gasteiger partial charge in [-0.3, -0.25) is 4.79 Å². The number of carbonyl (C=O) groups is 2. The molecule has 0 aliphatic carbocycles. The first-order valence-corrected chi connectivity index (χ1v) is 6.23. The van der Waals surface area contributed by atoms with Crippen molar-refractivity contribution in [2.24, 2.45) is 0 Å². The summed E-state index contributed by atoms with van der Waals surface area (Å²) in [5.74, 6) is -1.46. The fourth-order valence-corrected chi connectivity index (χ4v) is 1.86. The molecule has 1 heterocycles. The van der Waals surface area contributed by atoms with Gasteiger partial charge in [0, 0.05) is 18.3 Å². The minimum absolute atomic E-state index is 0.0184. The smallest absolute Gasteiger partial charge is 0.338 e. The minimum atomic E-state index is -1.12. The topological polar surface area (TPSA) is 70.8 Å². The molecule has 0 atom stereocenters. The van der Waals surface area contributed by atoms with E-state index < -0.39 is 5.97 Å². The predicted molar refractivity (Wildman–Crippen MR) is 74.2 cm³/mol. The zero-order valence-electron chi connectivity index (χ0n) is 11.3. The zero-order chi connectivity index (χ0) is 14.7. The number of aromatic carboxylic acids is 1. The summed E-state index contributed by atoms with van der Waals surface area (Å²) >= 11 is 0. The van der Waals surface area contributed by atoms with Crippen molar-refractivity contribution in [3.63, 3.8) is 0 Å². The van der Waals surface area contributed by atoms with Crippen molar-refractivity contribution in [2.45, 2.75) is 13.8 Å². The largest absolute Gasteiger partial charge is 0.478 e. The number of benzene rings is 1. The summed E-state index contributed by atoms with van der Waals surface area (Å²) < 4.78 is 5.04. The Morgan fingerprint density at radius 1 is 1.25 bits per heavy atom. The standard InChI is InChI=1S/C15H15NO4/c1-3-16(12-6-4-10(2)5-7-12)14(17)13-8-11(9-20-13)15(18)19/h4-9H,3H2,1-2H3,(H,18,19). The van der Waals surface area contributed by atoms with Gasteiger partial charge in [0.05, 0.1) is 5.56 Å². The van der Waals surface area contributed by atoms with E-state index in [4.69, 9.17) is 9.52 Å². The van der Waals surface area contributed by atoms with Crippen molar-refractivity contribution in [3.8, 4) is 0 Å². The van der Waals surface area contributed by atoms with Gasteiger partial charge >= 0.3 is 5.97 Å². The van der Waals surface area contributed by atoms with Gasteiger partial charge in [0.2, 0.25) is 0 Å². The first-order chi connectivity index (χ1) is 9.52. The summed E-state index contributed by atoms with van der Waals surface area (Å²) in [6.45, 7) is 4.28. The Balaban J connectivity index is 2.28. The number of aryl methyl sites for hydroxylation is 1. The Kier molecular flexibility index (Phi) is 3.89. The fourth-order valence-electron chi connectivity index (χ4n) is 1.86. The van der Waals surface area contributed by atoms with Crippen molar-refractivity contribution in [1.29, 1.82) is 0 Å². The molecule has 0 unspecified atom stereocenters. The third-order valence-corrected chi connectivity index (χ3v) is 2.96. The molecule has 2 rings (SSSR count). The number of carbonyl (C=O) groups excluding carboxylic acids is 1. The molecule has 0 fully saturated rings. The number of carboxylic acid groups (broad SMARTS) is 1. The Morgan fingerprint density at radius 2 is 1.90 bits per heavy atom. The average Bonchev–Trinajstić information content (AvgIpc) is 2.91. The van der Waals surface area contributed by atoms with Crippen LogP contribution in [0.25, 0.3) is 0 Å². The number of hydrogen-bond donors (Lipinski definition) is 1. The van der Waals surface area contributed by atoms with E-state index >= 15 is 0 Å². The first-order valence-electron chi connectivity index (χ1n) is 6.23. The molecule has 104 valence electrons. The van der Waals surface area contributed by atoms with Gasteiger partial charge in [-0.2, -0.15) is 0 Å². The van der Waals surface area contributed by atoms with E-state index in [1.54, 1.807) is 0 Å². The molecule has 0 saturated carbocycles. The lowest BCUT2D eigenvalue weighted by molar-refractivity contribution is 0.0696. The van der Waals surface area contributed by atoms with E-state index in [9.17, 15) is 9.59 Å². The third-order valence-electron chi connectivity index (χ3n) is 2.96. The molecule has 0 radical (unpaired) electrons. The molecule has 0 spiro atoms. The number of nitrogens with zero attached hydrogens (tertiary/aromatic N) is 1. The predicted octanol–water partition coefficient (Wildman–Crippen LogP) is 2.95. The van der Waals surface area contributed by atoms with Crippen LogP contribution in [0, 0.1) is 6.92 Å². The summed E-state index contributed by atoms with van der Waals surface area (Å²) in [6, 6.07) is 8.75. The lowest BCUT2D eigenvalue weighted by Gasteiger charge is -2.19. The molecule has 2 aromatic rings. The van der Waals surface area contributed by atoms with E-state index in [1.807, 2.05) is 38.1 Å². The van der Waals surface area contributed by atoms with Gasteiger partial charge in [0.15, 0.2) is 5.76 Å². The van der Waals surface area contributed by atoms with Gasteiger partial charge in [0.25, 0.3) is 5.91 Å². The van der Waals surface area contributed by atoms with Crippen molar-refractivity contribution in [3.05, 3.63) is 53.5 Å². The lowest BCUT2D eigenvalue weighted by Crippen LogP contribution is -2.30. The van der Waals surface area contributed by atoms with Gasteiger partial charge in [0.1, 0.15) is 6.26 Å². The van der Waals surface area contributed by atoms with Crippen LogP contribution in [0.5, 0.6) is 0 Å². The van der Waals surface area contributed by atoms with Crippen LogP contribution < -0.4 is 4.90 Å². The molecule has 0 aliphatic rings. The molecule has 1 N–H and O–H groups in total. The zero-order valence-corrected chi connectivity index (χ0v) is 11.3. The SMILES string of the molecule is CCN(C(=O)c1cc(C(=O)O)co1)c1ccc(C)cc1. The molecular formula is C15H15NO4. The molecule has 0 aliphatic heterocycles. The molecule has 20 heavy (non-hydrogen) atoms. The number of furan rings is 1. The monoisotopic (exact) mass is 273 g/mol. The highest BCUT2D eigenvalue weighted by atomic mass is 16.4. The van der Waals surface area contributed by atoms with Crippen molar-refractivity contribution in [1.82, 2.24) is 0 Å². The molecule has 1 aromatic heterocycles. The minimum Gasteiger partial charge on any atom is -0.478 e. The molecular weight excluding hydrogens is 258 g/mol. The van der Waals surface area contributed by atoms with Crippen LogP contribution >= 0.6 is 0 Å². The molecule has 1 amide bonds. The summed E-state index contributed by atoms with van der Waals surface area (Å²) in [5.41, 5.74) is 1.81. The average molecular weight is 273 g/mol. The molecule has 0 saturated heterocycles. The fraction of sp³-hybridized carbons (Fsp3) is 0.200. The first kappa shape index (κ1) is 13.9. The van der Waals surface area contributed by atoms with Crippen LogP contribution in [-0.2, 0) is 0 Å². The van der Waals surface area contributed by atoms with E-state index in [1.165, 1.54) is 11.0 Å². The van der Waals surface area contributed by atoms with Crippen molar-refractivity contribution >= 4 is 17.6 Å². The highest BCUT2D eigenvalue weighted by Gasteiger charge is 2.21. The Morgan fingerprint density at radius 3 is 2.40 bits per heavy atom. The second-order valence-corrected chi connectivity index (χ2v) is 4.39. The maximum absolute atomic E-state index is 12.3. The summed E-state index contributed by atoms with van der Waals surface area (Å²) in [7, 11) is 0. The Hall–Kier alpha value is -2.56. The summed E-state index contributed by atoms with van der Waals surface area (Å²) in [5, 5.41) is 8.84. The Labute approximate surface area is 116 Å². The van der Waals surface area contributed by atoms with E-state index in [0.29, 0.717) is 6.54 Å². The van der Waals surface area contributed by atoms with Crippen LogP contribution in [0.15, 0.2) is 41.0 Å². The highest BCUT2D eigenvalue weighted by molar-refractivity contribution is 6.05. The van der Waals surface area contributed by atoms with Gasteiger partial charge in [-0.25, -0.2) is 4.79 Å². The lowest BCUT2D eigenvalue weighted by atomic mass is 10.2. The van der Waals surface area contributed by atoms with Crippen LogP contribution in [-0.4, -0.2) is 23.5 Å². The van der Waals surface area contributed by atoms with Crippen LogP contribution in [0.2, 0.25) is 0 Å². The van der Waals surface area contributed by atoms with Crippen molar-refractivity contribution in [2.75, 3.05) is 11.4 Å². The summed E-state index contributed by atoms with van der Waals surface area (Å²) in [4.78, 5) is 24.7. The quantitative estimate of drug-likeness (QED) is 0.929. The van der Waals surface area contributed by atoms with Crippen LogP contribution in [0.3, 0.4) is 0 Å². The second kappa shape index (κ2) is 5.61. The van der Waals surface area contributed by atoms with Gasteiger partial charge in [-0.1, -0.05) is 17.7 Å². The summed E-state index contributed by atoms with van der Waals surface area (Å²) in [6.07, 6.45) is 1.07. The van der Waals surface area contributed by atoms with Gasteiger partial charge < -0.3 is 14.4 Å². The highest BCUT2D eigenvalue weighted by Crippen LogP contribution is 2.19. The van der Waals surface area contributed by atoms with E-state index in [2.05, 4.69) is 0 Å². The maximum Gasteiger partial charge on any atom is 0.338 e. The maximum atomic E-state index is 12.3. The van der Waals surface area contributed by atoms with E-state index in [0.717, 1.165) is 17.5 Å². The number of rotatable bonds is 4. The number of carboxylic acids is 1. The third kappa shape index (κ3) is 2.71. The number of hydrogen-bond acceptors (Lipinski definition) is 3. The second-order valence-electron chi connectivity index (χ2n) is 4.39. The molecule has 1 aromatic carbocycles. The van der Waals surface area contributed by atoms with Crippen LogP contribution in [0.4, 0.5) is 5.69 Å². The van der Waals surface area contributed by atoms with E-state index in [-0.39, 0.29) is 17.2 Å². The van der Waals surface area contributed by atoms with Crippen molar-refractivity contribution < 1.29 is 19.1 Å². The molecule has 0 bridgehead atoms. The normalized spacial score (nSPS) is 10.3.